The van der Waals surface area contributed by atoms with Gasteiger partial charge < -0.3 is 44.4 Å². The number of aromatic carboxylic acids is 1. The number of anilines is 1. The number of fused-ring (bicyclic) bond motifs is 2. The molecule has 0 aromatic heterocycles. The number of rotatable bonds is 40. The highest BCUT2D eigenvalue weighted by atomic mass is 32.1. The number of aromatic hydroxyl groups is 1. The number of phosphoric ester groups is 1. The van der Waals surface area contributed by atoms with E-state index in [0.717, 1.165) is 76.7 Å². The number of carbonyl (C=O) groups excluding carboxylic acids is 3. The average Bonchev–Trinajstić information content (AvgIpc) is 3.39. The molecule has 4 rings (SSSR count). The van der Waals surface area contributed by atoms with Gasteiger partial charge in [-0.1, -0.05) is 142 Å². The molecule has 2 aliphatic rings. The van der Waals surface area contributed by atoms with E-state index in [0.29, 0.717) is 47.2 Å². The van der Waals surface area contributed by atoms with Crippen LogP contribution in [0.25, 0.3) is 33.4 Å². The van der Waals surface area contributed by atoms with Crippen LogP contribution in [0.2, 0.25) is 0 Å². The Labute approximate surface area is 452 Å². The fraction of sp³-hybridized carbons (Fsp3) is 0.544. The van der Waals surface area contributed by atoms with Crippen molar-refractivity contribution < 1.29 is 66.5 Å². The van der Waals surface area contributed by atoms with Crippen LogP contribution in [-0.4, -0.2) is 83.2 Å². The van der Waals surface area contributed by atoms with Crippen LogP contribution in [0.4, 0.5) is 5.69 Å². The van der Waals surface area contributed by atoms with Crippen LogP contribution in [0, 0.1) is 0 Å². The maximum Gasteiger partial charge on any atom is 0.472 e. The normalized spacial score (nSPS) is 12.4. The predicted octanol–water partition coefficient (Wildman–Crippen LogP) is 13.0. The van der Waals surface area contributed by atoms with Gasteiger partial charge in [-0.15, -0.1) is 0 Å². The Morgan fingerprint density at radius 3 is 1.92 bits per heavy atom. The van der Waals surface area contributed by atoms with E-state index in [1.807, 2.05) is 0 Å². The fourth-order valence-electron chi connectivity index (χ4n) is 8.63. The summed E-state index contributed by atoms with van der Waals surface area (Å²) in [6.07, 6.45) is 23.8. The summed E-state index contributed by atoms with van der Waals surface area (Å²) < 4.78 is 45.3. The number of hydrogen-bond donors (Lipinski definition) is 5. The molecule has 17 nitrogen and oxygen atoms in total. The smallest absolute Gasteiger partial charge is 0.472 e. The molecule has 19 heteroatoms. The van der Waals surface area contributed by atoms with E-state index in [2.05, 4.69) is 24.1 Å². The van der Waals surface area contributed by atoms with Crippen molar-refractivity contribution in [2.24, 2.45) is 0 Å². The third kappa shape index (κ3) is 24.6. The molecule has 0 saturated heterocycles. The Morgan fingerprint density at radius 1 is 0.711 bits per heavy atom. The van der Waals surface area contributed by atoms with E-state index in [1.54, 1.807) is 24.3 Å². The zero-order valence-corrected chi connectivity index (χ0v) is 45.9. The summed E-state index contributed by atoms with van der Waals surface area (Å²) in [7, 11) is -4.72. The molecule has 0 bridgehead atoms. The lowest BCUT2D eigenvalue weighted by Gasteiger charge is -2.20. The van der Waals surface area contributed by atoms with Gasteiger partial charge >= 0.3 is 31.7 Å². The SMILES string of the molecule is C=CC(=O)OCCCCCCCCCCCC(=O)O[C@H](COC(=O)CCCCCCCCCCCCCCC)COP(=O)(O)OCCNC(=S)Nc1ccc(-c2c3ccc(=O)cc-3oc3cc(O)ccc23)c(C(=O)O)c1. The van der Waals surface area contributed by atoms with E-state index in [9.17, 15) is 43.6 Å². The van der Waals surface area contributed by atoms with Crippen molar-refractivity contribution in [1.82, 2.24) is 5.32 Å². The number of unbranched alkanes of at least 4 members (excludes halogenated alkanes) is 20. The lowest BCUT2D eigenvalue weighted by molar-refractivity contribution is -0.161. The topological polar surface area (TPSA) is 246 Å². The van der Waals surface area contributed by atoms with Crippen LogP contribution in [0.1, 0.15) is 171 Å². The number of carbonyl (C=O) groups is 4. The molecule has 0 radical (unpaired) electrons. The highest BCUT2D eigenvalue weighted by Gasteiger charge is 2.27. The highest BCUT2D eigenvalue weighted by Crippen LogP contribution is 2.44. The lowest BCUT2D eigenvalue weighted by Crippen LogP contribution is -2.31. The number of ether oxygens (including phenoxy) is 3. The van der Waals surface area contributed by atoms with E-state index >= 15 is 0 Å². The Morgan fingerprint density at radius 2 is 1.30 bits per heavy atom. The third-order valence-electron chi connectivity index (χ3n) is 12.7. The minimum absolute atomic E-state index is 0.0410. The molecule has 76 heavy (non-hydrogen) atoms. The predicted molar refractivity (Wildman–Crippen MR) is 298 cm³/mol. The average molecular weight is 1100 g/mol. The van der Waals surface area contributed by atoms with Gasteiger partial charge in [-0.2, -0.15) is 0 Å². The molecule has 2 atom stereocenters. The standard InChI is InChI=1S/C57H79N2O15PS/c1-3-5-6-7-8-9-10-11-12-14-17-20-23-26-53(63)70-40-45(73-54(64)27-24-21-18-15-13-16-19-22-25-35-69-52(62)4-2)41-72-75(67,68)71-36-34-58-57(76)59-42-28-31-46(49(37-42)56(65)66)55-47-32-29-43(60)38-50(47)74-51-39-44(61)30-33-48(51)55/h4,28-33,37-39,45,60H,2-3,5-27,34-36,40-41H2,1H3,(H,65,66)(H,67,68)(H2,58,59,76)/t45-/m1/s1. The van der Waals surface area contributed by atoms with Crippen LogP contribution >= 0.6 is 20.0 Å². The highest BCUT2D eigenvalue weighted by molar-refractivity contribution is 7.80. The van der Waals surface area contributed by atoms with Crippen LogP contribution in [0.15, 0.2) is 76.5 Å². The quantitative estimate of drug-likeness (QED) is 0.00528. The molecule has 2 aromatic carbocycles. The van der Waals surface area contributed by atoms with Crippen LogP contribution in [0.5, 0.6) is 5.75 Å². The molecule has 1 aliphatic heterocycles. The first-order valence-electron chi connectivity index (χ1n) is 27.1. The van der Waals surface area contributed by atoms with Crippen LogP contribution in [-0.2, 0) is 42.2 Å². The van der Waals surface area contributed by atoms with Crippen LogP contribution in [0.3, 0.4) is 0 Å². The van der Waals surface area contributed by atoms with E-state index in [4.69, 9.17) is 39.9 Å². The molecular formula is C57H79N2O15PS. The van der Waals surface area contributed by atoms with Gasteiger partial charge in [0.1, 0.15) is 23.7 Å². The Kier molecular flexibility index (Phi) is 29.5. The van der Waals surface area contributed by atoms with Gasteiger partial charge in [-0.05, 0) is 73.4 Å². The molecule has 0 saturated carbocycles. The number of thiocarbonyl (C=S) groups is 1. The summed E-state index contributed by atoms with van der Waals surface area (Å²) in [6, 6.07) is 13.2. The Hall–Kier alpha value is -5.65. The second-order valence-electron chi connectivity index (χ2n) is 19.0. The number of carboxylic acids is 1. The van der Waals surface area contributed by atoms with Gasteiger partial charge in [0.25, 0.3) is 0 Å². The molecular weight excluding hydrogens is 1020 g/mol. The summed E-state index contributed by atoms with van der Waals surface area (Å²) in [5, 5.41) is 26.7. The first-order valence-corrected chi connectivity index (χ1v) is 29.0. The molecule has 5 N–H and O–H groups in total. The van der Waals surface area contributed by atoms with Gasteiger partial charge in [0.15, 0.2) is 16.6 Å². The third-order valence-corrected chi connectivity index (χ3v) is 13.9. The van der Waals surface area contributed by atoms with E-state index in [1.165, 1.54) is 88.1 Å². The van der Waals surface area contributed by atoms with Crippen molar-refractivity contribution in [3.05, 3.63) is 83.0 Å². The van der Waals surface area contributed by atoms with Gasteiger partial charge in [0.05, 0.1) is 25.4 Å². The summed E-state index contributed by atoms with van der Waals surface area (Å²) in [5.74, 6) is -2.55. The summed E-state index contributed by atoms with van der Waals surface area (Å²) in [4.78, 5) is 72.2. The molecule has 1 aliphatic carbocycles. The molecule has 1 heterocycles. The molecule has 0 spiro atoms. The number of phenols is 1. The van der Waals surface area contributed by atoms with Crippen molar-refractivity contribution in [3.63, 3.8) is 0 Å². The monoisotopic (exact) mass is 1090 g/mol. The molecule has 0 fully saturated rings. The maximum absolute atomic E-state index is 13.0. The van der Waals surface area contributed by atoms with Crippen molar-refractivity contribution in [1.29, 1.82) is 0 Å². The first kappa shape index (κ1) is 62.9. The molecule has 1 unspecified atom stereocenters. The number of benzene rings is 3. The lowest BCUT2D eigenvalue weighted by atomic mass is 9.90. The number of nitrogens with one attached hydrogen (secondary N) is 2. The van der Waals surface area contributed by atoms with Gasteiger partial charge in [0, 0.05) is 59.8 Å². The van der Waals surface area contributed by atoms with Gasteiger partial charge in [-0.3, -0.25) is 23.4 Å². The largest absolute Gasteiger partial charge is 0.508 e. The summed E-state index contributed by atoms with van der Waals surface area (Å²) in [6.45, 7) is 4.62. The number of carboxylic acid groups (broad SMARTS) is 1. The van der Waals surface area contributed by atoms with Crippen molar-refractivity contribution in [3.8, 4) is 28.2 Å². The minimum Gasteiger partial charge on any atom is -0.508 e. The molecule has 418 valence electrons. The minimum atomic E-state index is -4.72. The number of esters is 3. The maximum atomic E-state index is 13.0. The summed E-state index contributed by atoms with van der Waals surface area (Å²) >= 11 is 5.41. The van der Waals surface area contributed by atoms with Crippen molar-refractivity contribution in [2.45, 2.75) is 167 Å². The molecule has 0 amide bonds. The second-order valence-corrected chi connectivity index (χ2v) is 20.8. The number of hydrogen-bond acceptors (Lipinski definition) is 14. The summed E-state index contributed by atoms with van der Waals surface area (Å²) in [5.41, 5.74) is 1.41. The van der Waals surface area contributed by atoms with Crippen LogP contribution < -0.4 is 16.1 Å². The van der Waals surface area contributed by atoms with Crippen molar-refractivity contribution >= 4 is 65.7 Å². The van der Waals surface area contributed by atoms with Crippen molar-refractivity contribution in [2.75, 3.05) is 38.3 Å². The first-order chi connectivity index (χ1) is 36.7. The fourth-order valence-corrected chi connectivity index (χ4v) is 9.60. The Balaban J connectivity index is 1.22. The molecule has 2 aromatic rings. The van der Waals surface area contributed by atoms with Gasteiger partial charge in [0.2, 0.25) is 0 Å². The van der Waals surface area contributed by atoms with Gasteiger partial charge in [-0.25, -0.2) is 14.2 Å². The zero-order chi connectivity index (χ0) is 55.0. The Bertz CT molecular complexity index is 2530. The zero-order valence-electron chi connectivity index (χ0n) is 44.2. The number of phosphoric acid groups is 1. The van der Waals surface area contributed by atoms with E-state index in [-0.39, 0.29) is 65.8 Å². The van der Waals surface area contributed by atoms with E-state index < -0.39 is 44.4 Å². The number of phenolic OH excluding ortho intramolecular Hbond substituents is 1. The second kappa shape index (κ2) is 35.6.